The Morgan fingerprint density at radius 2 is 2.05 bits per heavy atom. The van der Waals surface area contributed by atoms with Crippen LogP contribution in [0.2, 0.25) is 0 Å². The lowest BCUT2D eigenvalue weighted by Gasteiger charge is -2.15. The molecule has 0 amide bonds. The molecule has 0 radical (unpaired) electrons. The Morgan fingerprint density at radius 1 is 1.42 bits per heavy atom. The van der Waals surface area contributed by atoms with E-state index in [0.717, 1.165) is 16.7 Å². The van der Waals surface area contributed by atoms with Crippen LogP contribution >= 0.6 is 0 Å². The summed E-state index contributed by atoms with van der Waals surface area (Å²) in [5.41, 5.74) is 9.28. The first kappa shape index (κ1) is 14.9. The number of hydrogen-bond donors (Lipinski definition) is 2. The number of halogens is 1. The quantitative estimate of drug-likeness (QED) is 0.479. The molecule has 0 fully saturated rings. The summed E-state index contributed by atoms with van der Waals surface area (Å²) in [5, 5.41) is 7.69. The Kier molecular flexibility index (Phi) is 4.81. The zero-order valence-corrected chi connectivity index (χ0v) is 11.5. The summed E-state index contributed by atoms with van der Waals surface area (Å²) in [4.78, 5) is 0. The van der Waals surface area contributed by atoms with Crippen LogP contribution in [0, 0.1) is 18.2 Å². The minimum absolute atomic E-state index is 0.0558. The van der Waals surface area contributed by atoms with Crippen molar-refractivity contribution < 1.29 is 4.39 Å². The molecule has 2 nitrogen and oxygen atoms in total. The van der Waals surface area contributed by atoms with Crippen LogP contribution in [-0.2, 0) is 0 Å². The average molecular weight is 258 g/mol. The molecule has 19 heavy (non-hydrogen) atoms. The smallest absolute Gasteiger partial charge is 0.123 e. The number of rotatable bonds is 4. The molecule has 1 rings (SSSR count). The van der Waals surface area contributed by atoms with E-state index in [0.29, 0.717) is 11.1 Å². The molecule has 0 unspecified atom stereocenters. The molecular formula is C16H19FN2. The molecule has 0 atom stereocenters. The number of hydrogen-bond acceptors (Lipinski definition) is 1. The van der Waals surface area contributed by atoms with Gasteiger partial charge in [0, 0.05) is 5.57 Å². The van der Waals surface area contributed by atoms with Gasteiger partial charge >= 0.3 is 0 Å². The number of amidine groups is 1. The summed E-state index contributed by atoms with van der Waals surface area (Å²) in [6.07, 6.45) is 3.55. The van der Waals surface area contributed by atoms with Crippen molar-refractivity contribution in [1.82, 2.24) is 0 Å². The first-order chi connectivity index (χ1) is 8.88. The maximum Gasteiger partial charge on any atom is 0.123 e. The van der Waals surface area contributed by atoms with E-state index in [1.54, 1.807) is 18.2 Å². The Hall–Kier alpha value is -2.16. The second-order valence-corrected chi connectivity index (χ2v) is 4.44. The molecule has 0 aliphatic heterocycles. The van der Waals surface area contributed by atoms with Gasteiger partial charge in [0.25, 0.3) is 0 Å². The van der Waals surface area contributed by atoms with Crippen molar-refractivity contribution in [3.05, 3.63) is 65.0 Å². The second-order valence-electron chi connectivity index (χ2n) is 4.44. The van der Waals surface area contributed by atoms with Gasteiger partial charge in [-0.1, -0.05) is 24.8 Å². The zero-order valence-electron chi connectivity index (χ0n) is 11.5. The van der Waals surface area contributed by atoms with Gasteiger partial charge in [-0.15, -0.1) is 0 Å². The van der Waals surface area contributed by atoms with Gasteiger partial charge in [0.1, 0.15) is 11.7 Å². The molecule has 100 valence electrons. The van der Waals surface area contributed by atoms with Crippen molar-refractivity contribution in [3.63, 3.8) is 0 Å². The van der Waals surface area contributed by atoms with Crippen LogP contribution in [-0.4, -0.2) is 5.84 Å². The van der Waals surface area contributed by atoms with Crippen molar-refractivity contribution in [2.45, 2.75) is 20.8 Å². The fourth-order valence-corrected chi connectivity index (χ4v) is 1.94. The number of nitrogens with one attached hydrogen (secondary N) is 1. The van der Waals surface area contributed by atoms with Gasteiger partial charge in [0.2, 0.25) is 0 Å². The highest BCUT2D eigenvalue weighted by Gasteiger charge is 2.13. The lowest BCUT2D eigenvalue weighted by atomic mass is 9.90. The van der Waals surface area contributed by atoms with Gasteiger partial charge in [-0.3, -0.25) is 5.41 Å². The van der Waals surface area contributed by atoms with Crippen LogP contribution in [0.1, 0.15) is 25.0 Å². The van der Waals surface area contributed by atoms with Crippen molar-refractivity contribution >= 4 is 11.4 Å². The van der Waals surface area contributed by atoms with Crippen LogP contribution in [0.25, 0.3) is 5.57 Å². The van der Waals surface area contributed by atoms with E-state index in [-0.39, 0.29) is 11.7 Å². The van der Waals surface area contributed by atoms with Crippen molar-refractivity contribution in [2.75, 3.05) is 0 Å². The Morgan fingerprint density at radius 3 is 2.53 bits per heavy atom. The topological polar surface area (TPSA) is 49.9 Å². The first-order valence-corrected chi connectivity index (χ1v) is 6.02. The molecule has 3 N–H and O–H groups in total. The molecule has 1 aromatic carbocycles. The van der Waals surface area contributed by atoms with E-state index in [2.05, 4.69) is 6.58 Å². The summed E-state index contributed by atoms with van der Waals surface area (Å²) >= 11 is 0. The van der Waals surface area contributed by atoms with Gasteiger partial charge in [-0.2, -0.15) is 0 Å². The summed E-state index contributed by atoms with van der Waals surface area (Å²) in [7, 11) is 0. The third-order valence-corrected chi connectivity index (χ3v) is 2.79. The van der Waals surface area contributed by atoms with Crippen LogP contribution in [0.5, 0.6) is 0 Å². The maximum atomic E-state index is 13.5. The van der Waals surface area contributed by atoms with Crippen molar-refractivity contribution in [3.8, 4) is 0 Å². The van der Waals surface area contributed by atoms with E-state index < -0.39 is 0 Å². The number of aryl methyl sites for hydroxylation is 1. The van der Waals surface area contributed by atoms with Crippen LogP contribution < -0.4 is 5.73 Å². The third kappa shape index (κ3) is 3.41. The molecule has 0 aliphatic carbocycles. The highest BCUT2D eigenvalue weighted by molar-refractivity contribution is 6.07. The van der Waals surface area contributed by atoms with E-state index >= 15 is 0 Å². The van der Waals surface area contributed by atoms with Crippen LogP contribution in [0.15, 0.2) is 48.1 Å². The van der Waals surface area contributed by atoms with Crippen molar-refractivity contribution in [2.24, 2.45) is 5.73 Å². The lowest BCUT2D eigenvalue weighted by molar-refractivity contribution is 0.627. The van der Waals surface area contributed by atoms with Gasteiger partial charge in [0.05, 0.1) is 0 Å². The molecule has 0 bridgehead atoms. The van der Waals surface area contributed by atoms with E-state index in [1.807, 2.05) is 20.8 Å². The lowest BCUT2D eigenvalue weighted by Crippen LogP contribution is -2.14. The van der Waals surface area contributed by atoms with Crippen LogP contribution in [0.4, 0.5) is 4.39 Å². The standard InChI is InChI=1S/C16H19FN2/c1-5-6-13(16(18)19)15(10(2)3)14-9-12(17)8-7-11(14)4/h5-9H,2H2,1,3-4H3,(H3,18,19)/b6-5?,15-13-. The third-order valence-electron chi connectivity index (χ3n) is 2.79. The van der Waals surface area contributed by atoms with Crippen molar-refractivity contribution in [1.29, 1.82) is 5.41 Å². The van der Waals surface area contributed by atoms with E-state index in [9.17, 15) is 4.39 Å². The summed E-state index contributed by atoms with van der Waals surface area (Å²) in [6.45, 7) is 9.49. The summed E-state index contributed by atoms with van der Waals surface area (Å²) in [5.74, 6) is -0.373. The highest BCUT2D eigenvalue weighted by Crippen LogP contribution is 2.29. The molecule has 0 saturated carbocycles. The largest absolute Gasteiger partial charge is 0.384 e. The SMILES string of the molecule is C=C(C)/C(=C(\C=CC)C(=N)N)c1cc(F)ccc1C. The number of benzene rings is 1. The normalized spacial score (nSPS) is 12.4. The molecule has 0 saturated heterocycles. The number of allylic oxidation sites excluding steroid dienone is 3. The monoisotopic (exact) mass is 258 g/mol. The molecular weight excluding hydrogens is 239 g/mol. The first-order valence-electron chi connectivity index (χ1n) is 6.02. The summed E-state index contributed by atoms with van der Waals surface area (Å²) < 4.78 is 13.5. The number of nitrogens with two attached hydrogens (primary N) is 1. The molecule has 3 heteroatoms. The Balaban J connectivity index is 3.68. The Labute approximate surface area is 113 Å². The fraction of sp³-hybridized carbons (Fsp3) is 0.188. The van der Waals surface area contributed by atoms with Crippen LogP contribution in [0.3, 0.4) is 0 Å². The second kappa shape index (κ2) is 6.14. The van der Waals surface area contributed by atoms with Gasteiger partial charge < -0.3 is 5.73 Å². The molecule has 0 spiro atoms. The molecule has 0 aromatic heterocycles. The minimum Gasteiger partial charge on any atom is -0.384 e. The predicted molar refractivity (Wildman–Crippen MR) is 79.6 cm³/mol. The Bertz CT molecular complexity index is 580. The van der Waals surface area contributed by atoms with E-state index in [4.69, 9.17) is 11.1 Å². The van der Waals surface area contributed by atoms with Gasteiger partial charge in [-0.25, -0.2) is 4.39 Å². The van der Waals surface area contributed by atoms with Gasteiger partial charge in [0.15, 0.2) is 0 Å². The highest BCUT2D eigenvalue weighted by atomic mass is 19.1. The summed E-state index contributed by atoms with van der Waals surface area (Å²) in [6, 6.07) is 4.57. The fourth-order valence-electron chi connectivity index (χ4n) is 1.94. The zero-order chi connectivity index (χ0) is 14.6. The van der Waals surface area contributed by atoms with E-state index in [1.165, 1.54) is 12.1 Å². The predicted octanol–water partition coefficient (Wildman–Crippen LogP) is 3.98. The minimum atomic E-state index is -0.317. The maximum absolute atomic E-state index is 13.5. The molecule has 1 aromatic rings. The molecule has 0 aliphatic rings. The molecule has 0 heterocycles. The average Bonchev–Trinajstić information content (AvgIpc) is 2.32. The van der Waals surface area contributed by atoms with Gasteiger partial charge in [-0.05, 0) is 55.2 Å².